The molecule has 1 aromatic heterocycles. The van der Waals surface area contributed by atoms with Crippen LogP contribution in [0.4, 0.5) is 0 Å². The van der Waals surface area contributed by atoms with Crippen molar-refractivity contribution in [3.63, 3.8) is 0 Å². The molecule has 2 aliphatic rings. The summed E-state index contributed by atoms with van der Waals surface area (Å²) in [6.45, 7) is 7.42. The van der Waals surface area contributed by atoms with Crippen LogP contribution in [0.1, 0.15) is 12.6 Å². The number of carbonyl (C=O) groups is 1. The van der Waals surface area contributed by atoms with E-state index in [4.69, 9.17) is 9.47 Å². The van der Waals surface area contributed by atoms with Gasteiger partial charge in [-0.25, -0.2) is 0 Å². The number of methoxy groups -OCH3 is 1. The lowest BCUT2D eigenvalue weighted by Crippen LogP contribution is -2.45. The summed E-state index contributed by atoms with van der Waals surface area (Å²) >= 11 is 0. The van der Waals surface area contributed by atoms with E-state index in [-0.39, 0.29) is 11.8 Å². The van der Waals surface area contributed by atoms with Crippen molar-refractivity contribution in [2.24, 2.45) is 11.8 Å². The Bertz CT molecular complexity index is 546. The molecule has 0 unspecified atom stereocenters. The van der Waals surface area contributed by atoms with Crippen LogP contribution in [-0.2, 0) is 16.1 Å². The number of rotatable bonds is 4. The second-order valence-corrected chi connectivity index (χ2v) is 6.40. The number of carbonyl (C=O) groups excluding carboxylic acids is 1. The number of pyridine rings is 1. The molecule has 0 aliphatic carbocycles. The molecule has 6 heteroatoms. The van der Waals surface area contributed by atoms with Gasteiger partial charge in [0.15, 0.2) is 0 Å². The molecule has 0 aromatic carbocycles. The third-order valence-corrected chi connectivity index (χ3v) is 4.74. The maximum Gasteiger partial charge on any atom is 0.227 e. The van der Waals surface area contributed by atoms with Gasteiger partial charge in [-0.15, -0.1) is 0 Å². The molecule has 23 heavy (non-hydrogen) atoms. The van der Waals surface area contributed by atoms with Gasteiger partial charge < -0.3 is 14.4 Å². The predicted octanol–water partition coefficient (Wildman–Crippen LogP) is 1.02. The Morgan fingerprint density at radius 2 is 2.17 bits per heavy atom. The largest absolute Gasteiger partial charge is 0.497 e. The monoisotopic (exact) mass is 319 g/mol. The van der Waals surface area contributed by atoms with Crippen molar-refractivity contribution < 1.29 is 14.3 Å². The molecule has 0 radical (unpaired) electrons. The molecule has 0 spiro atoms. The van der Waals surface area contributed by atoms with E-state index in [1.54, 1.807) is 13.3 Å². The number of aromatic nitrogens is 1. The molecule has 6 nitrogen and oxygen atoms in total. The van der Waals surface area contributed by atoms with Crippen molar-refractivity contribution in [1.29, 1.82) is 0 Å². The average Bonchev–Trinajstić information content (AvgIpc) is 2.95. The normalized spacial score (nSPS) is 25.6. The Morgan fingerprint density at radius 3 is 2.91 bits per heavy atom. The summed E-state index contributed by atoms with van der Waals surface area (Å²) in [7, 11) is 1.66. The lowest BCUT2D eigenvalue weighted by atomic mass is 9.96. The van der Waals surface area contributed by atoms with Crippen LogP contribution in [0, 0.1) is 11.8 Å². The van der Waals surface area contributed by atoms with Crippen LogP contribution in [0.3, 0.4) is 0 Å². The third kappa shape index (κ3) is 3.82. The van der Waals surface area contributed by atoms with Gasteiger partial charge in [0.2, 0.25) is 5.91 Å². The van der Waals surface area contributed by atoms with Crippen molar-refractivity contribution in [2.75, 3.05) is 46.5 Å². The summed E-state index contributed by atoms with van der Waals surface area (Å²) in [6.07, 6.45) is 1.77. The summed E-state index contributed by atoms with van der Waals surface area (Å²) in [5.41, 5.74) is 0.982. The van der Waals surface area contributed by atoms with Crippen LogP contribution in [-0.4, -0.2) is 67.2 Å². The van der Waals surface area contributed by atoms with Crippen LogP contribution in [0.15, 0.2) is 18.3 Å². The van der Waals surface area contributed by atoms with Gasteiger partial charge in [0.05, 0.1) is 31.9 Å². The van der Waals surface area contributed by atoms with Crippen molar-refractivity contribution in [2.45, 2.75) is 13.5 Å². The van der Waals surface area contributed by atoms with Crippen LogP contribution in [0.5, 0.6) is 5.75 Å². The van der Waals surface area contributed by atoms with E-state index in [1.807, 2.05) is 17.0 Å². The molecule has 3 heterocycles. The molecular weight excluding hydrogens is 294 g/mol. The van der Waals surface area contributed by atoms with Crippen molar-refractivity contribution >= 4 is 5.91 Å². The minimum atomic E-state index is 0.0821. The maximum atomic E-state index is 12.7. The zero-order chi connectivity index (χ0) is 16.2. The van der Waals surface area contributed by atoms with Crippen molar-refractivity contribution in [3.8, 4) is 5.75 Å². The first-order valence-electron chi connectivity index (χ1n) is 8.25. The maximum absolute atomic E-state index is 12.7. The van der Waals surface area contributed by atoms with E-state index in [2.05, 4.69) is 16.8 Å². The predicted molar refractivity (Wildman–Crippen MR) is 86.1 cm³/mol. The lowest BCUT2D eigenvalue weighted by Gasteiger charge is -2.30. The second kappa shape index (κ2) is 7.27. The van der Waals surface area contributed by atoms with Crippen LogP contribution in [0.25, 0.3) is 0 Å². The molecule has 2 saturated heterocycles. The number of nitrogens with zero attached hydrogens (tertiary/aromatic N) is 3. The van der Waals surface area contributed by atoms with Gasteiger partial charge in [-0.05, 0) is 12.0 Å². The fraction of sp³-hybridized carbons (Fsp3) is 0.647. The van der Waals surface area contributed by atoms with E-state index in [0.29, 0.717) is 19.1 Å². The SMILES string of the molecule is COc1ccnc(CN2C[C@@H](C)[C@H](C(=O)N3CCOCC3)C2)c1. The number of morpholine rings is 1. The standard InChI is InChI=1S/C17H25N3O3/c1-13-10-19(11-14-9-15(22-2)3-4-18-14)12-16(13)17(21)20-5-7-23-8-6-20/h3-4,9,13,16H,5-8,10-12H2,1-2H3/t13-,16-/m1/s1. The fourth-order valence-electron chi connectivity index (χ4n) is 3.43. The zero-order valence-electron chi connectivity index (χ0n) is 13.9. The Balaban J connectivity index is 1.60. The highest BCUT2D eigenvalue weighted by Crippen LogP contribution is 2.26. The molecule has 0 N–H and O–H groups in total. The van der Waals surface area contributed by atoms with Gasteiger partial charge in [-0.3, -0.25) is 14.7 Å². The first-order chi connectivity index (χ1) is 11.2. The highest BCUT2D eigenvalue weighted by atomic mass is 16.5. The number of likely N-dealkylation sites (tertiary alicyclic amines) is 1. The lowest BCUT2D eigenvalue weighted by molar-refractivity contribution is -0.140. The molecule has 0 saturated carbocycles. The first kappa shape index (κ1) is 16.2. The summed E-state index contributed by atoms with van der Waals surface area (Å²) in [4.78, 5) is 21.4. The smallest absolute Gasteiger partial charge is 0.227 e. The quantitative estimate of drug-likeness (QED) is 0.829. The van der Waals surface area contributed by atoms with Crippen LogP contribution in [0.2, 0.25) is 0 Å². The Morgan fingerprint density at radius 1 is 1.39 bits per heavy atom. The number of amides is 1. The van der Waals surface area contributed by atoms with Gasteiger partial charge >= 0.3 is 0 Å². The van der Waals surface area contributed by atoms with E-state index in [9.17, 15) is 4.79 Å². The molecular formula is C17H25N3O3. The molecule has 2 atom stereocenters. The van der Waals surface area contributed by atoms with E-state index < -0.39 is 0 Å². The number of hydrogen-bond donors (Lipinski definition) is 0. The molecule has 126 valence electrons. The molecule has 3 rings (SSSR count). The molecule has 1 aromatic rings. The first-order valence-corrected chi connectivity index (χ1v) is 8.25. The van der Waals surface area contributed by atoms with Gasteiger partial charge in [-0.2, -0.15) is 0 Å². The summed E-state index contributed by atoms with van der Waals surface area (Å²) in [5.74, 6) is 1.56. The van der Waals surface area contributed by atoms with Crippen LogP contribution >= 0.6 is 0 Å². The topological polar surface area (TPSA) is 54.9 Å². The fourth-order valence-corrected chi connectivity index (χ4v) is 3.43. The van der Waals surface area contributed by atoms with Gasteiger partial charge in [0, 0.05) is 45.0 Å². The molecule has 2 fully saturated rings. The molecule has 2 aliphatic heterocycles. The number of hydrogen-bond acceptors (Lipinski definition) is 5. The highest BCUT2D eigenvalue weighted by molar-refractivity contribution is 5.79. The Kier molecular flexibility index (Phi) is 5.13. The average molecular weight is 319 g/mol. The minimum Gasteiger partial charge on any atom is -0.497 e. The zero-order valence-corrected chi connectivity index (χ0v) is 13.9. The Hall–Kier alpha value is -1.66. The number of ether oxygens (including phenoxy) is 2. The molecule has 0 bridgehead atoms. The van der Waals surface area contributed by atoms with Gasteiger partial charge in [0.25, 0.3) is 0 Å². The Labute approximate surface area is 137 Å². The van der Waals surface area contributed by atoms with E-state index in [0.717, 1.165) is 44.2 Å². The van der Waals surface area contributed by atoms with Gasteiger partial charge in [0.1, 0.15) is 5.75 Å². The minimum absolute atomic E-state index is 0.0821. The van der Waals surface area contributed by atoms with Crippen molar-refractivity contribution in [1.82, 2.24) is 14.8 Å². The summed E-state index contributed by atoms with van der Waals surface area (Å²) in [5, 5.41) is 0. The molecule has 1 amide bonds. The summed E-state index contributed by atoms with van der Waals surface area (Å²) < 4.78 is 10.6. The van der Waals surface area contributed by atoms with E-state index >= 15 is 0 Å². The van der Waals surface area contributed by atoms with Gasteiger partial charge in [-0.1, -0.05) is 6.92 Å². The summed E-state index contributed by atoms with van der Waals surface area (Å²) in [6, 6.07) is 3.81. The second-order valence-electron chi connectivity index (χ2n) is 6.40. The van der Waals surface area contributed by atoms with Crippen LogP contribution < -0.4 is 4.74 Å². The van der Waals surface area contributed by atoms with Crippen molar-refractivity contribution in [3.05, 3.63) is 24.0 Å². The van der Waals surface area contributed by atoms with E-state index in [1.165, 1.54) is 0 Å². The third-order valence-electron chi connectivity index (χ3n) is 4.74. The highest BCUT2D eigenvalue weighted by Gasteiger charge is 2.37.